The summed E-state index contributed by atoms with van der Waals surface area (Å²) in [5.41, 5.74) is 4.71. The van der Waals surface area contributed by atoms with Gasteiger partial charge in [0.1, 0.15) is 28.9 Å². The Balaban J connectivity index is 1.09. The van der Waals surface area contributed by atoms with Gasteiger partial charge in [-0.25, -0.2) is 9.37 Å². The van der Waals surface area contributed by atoms with Gasteiger partial charge in [-0.2, -0.15) is 0 Å². The maximum atomic E-state index is 13.6. The zero-order chi connectivity index (χ0) is 31.0. The van der Waals surface area contributed by atoms with Crippen LogP contribution in [-0.2, 0) is 26.2 Å². The SMILES string of the molecule is O=C(c1csc(CN(Cc2ccc(F)cc2)Cc2ccc(OCc3ccccc3)cc2)n1)N1CCN(c2ccccc2Cl)CC1. The van der Waals surface area contributed by atoms with Gasteiger partial charge in [-0.05, 0) is 53.1 Å². The highest BCUT2D eigenvalue weighted by Crippen LogP contribution is 2.27. The topological polar surface area (TPSA) is 48.9 Å². The highest BCUT2D eigenvalue weighted by atomic mass is 35.5. The molecule has 1 amide bonds. The molecule has 0 unspecified atom stereocenters. The third kappa shape index (κ3) is 8.28. The zero-order valence-corrected chi connectivity index (χ0v) is 26.4. The number of anilines is 1. The first-order chi connectivity index (χ1) is 22.0. The molecule has 1 aromatic heterocycles. The maximum Gasteiger partial charge on any atom is 0.273 e. The van der Waals surface area contributed by atoms with Crippen molar-refractivity contribution in [3.8, 4) is 5.75 Å². The lowest BCUT2D eigenvalue weighted by Gasteiger charge is -2.36. The molecule has 9 heteroatoms. The number of hydrogen-bond acceptors (Lipinski definition) is 6. The van der Waals surface area contributed by atoms with Crippen LogP contribution in [0.4, 0.5) is 10.1 Å². The monoisotopic (exact) mass is 640 g/mol. The minimum absolute atomic E-state index is 0.0486. The van der Waals surface area contributed by atoms with Crippen LogP contribution in [0, 0.1) is 5.82 Å². The smallest absolute Gasteiger partial charge is 0.273 e. The van der Waals surface area contributed by atoms with E-state index in [0.29, 0.717) is 58.1 Å². The lowest BCUT2D eigenvalue weighted by molar-refractivity contribution is 0.0741. The van der Waals surface area contributed by atoms with Gasteiger partial charge in [0.15, 0.2) is 0 Å². The largest absolute Gasteiger partial charge is 0.489 e. The summed E-state index contributed by atoms with van der Waals surface area (Å²) in [6.45, 7) is 4.99. The van der Waals surface area contributed by atoms with E-state index in [9.17, 15) is 9.18 Å². The van der Waals surface area contributed by atoms with Crippen molar-refractivity contribution in [1.82, 2.24) is 14.8 Å². The average molecular weight is 641 g/mol. The Labute approximate surface area is 272 Å². The molecular weight excluding hydrogens is 607 g/mol. The number of benzene rings is 4. The molecular formula is C36H34ClFN4O2S. The van der Waals surface area contributed by atoms with E-state index in [1.165, 1.54) is 23.5 Å². The molecule has 4 aromatic carbocycles. The van der Waals surface area contributed by atoms with Crippen LogP contribution in [0.1, 0.15) is 32.2 Å². The van der Waals surface area contributed by atoms with Crippen LogP contribution in [0.2, 0.25) is 5.02 Å². The van der Waals surface area contributed by atoms with E-state index in [0.717, 1.165) is 38.2 Å². The third-order valence-corrected chi connectivity index (χ3v) is 8.94. The summed E-state index contributed by atoms with van der Waals surface area (Å²) in [5, 5.41) is 3.43. The first kappa shape index (κ1) is 30.8. The summed E-state index contributed by atoms with van der Waals surface area (Å²) >= 11 is 7.88. The normalized spacial score (nSPS) is 13.3. The number of carbonyl (C=O) groups excluding carboxylic acids is 1. The summed E-state index contributed by atoms with van der Waals surface area (Å²) in [4.78, 5) is 24.4. The molecule has 1 saturated heterocycles. The van der Waals surface area contributed by atoms with Crippen LogP contribution in [0.15, 0.2) is 109 Å². The van der Waals surface area contributed by atoms with Crippen molar-refractivity contribution in [2.75, 3.05) is 31.1 Å². The van der Waals surface area contributed by atoms with Crippen LogP contribution in [0.25, 0.3) is 0 Å². The van der Waals surface area contributed by atoms with Crippen molar-refractivity contribution in [1.29, 1.82) is 0 Å². The molecule has 6 rings (SSSR count). The highest BCUT2D eigenvalue weighted by molar-refractivity contribution is 7.09. The van der Waals surface area contributed by atoms with Gasteiger partial charge in [0, 0.05) is 44.6 Å². The molecule has 0 N–H and O–H groups in total. The van der Waals surface area contributed by atoms with Crippen molar-refractivity contribution in [3.05, 3.63) is 147 Å². The number of nitrogens with zero attached hydrogens (tertiary/aromatic N) is 4. The number of halogens is 2. The van der Waals surface area contributed by atoms with Crippen molar-refractivity contribution in [2.45, 2.75) is 26.2 Å². The fourth-order valence-corrected chi connectivity index (χ4v) is 6.46. The van der Waals surface area contributed by atoms with E-state index in [-0.39, 0.29) is 11.7 Å². The molecule has 230 valence electrons. The summed E-state index contributed by atoms with van der Waals surface area (Å²) in [6, 6.07) is 32.6. The van der Waals surface area contributed by atoms with Gasteiger partial charge in [0.2, 0.25) is 0 Å². The molecule has 1 aliphatic heterocycles. The Kier molecular flexibility index (Phi) is 10.0. The predicted octanol–water partition coefficient (Wildman–Crippen LogP) is 7.68. The molecule has 6 nitrogen and oxygen atoms in total. The lowest BCUT2D eigenvalue weighted by atomic mass is 10.1. The summed E-state index contributed by atoms with van der Waals surface area (Å²) in [6.07, 6.45) is 0. The number of ether oxygens (including phenoxy) is 1. The standard InChI is InChI=1S/C36H34ClFN4O2S/c37-32-8-4-5-9-34(32)41-18-20-42(21-19-41)36(43)33-26-45-35(39-33)24-40(22-27-10-14-30(38)15-11-27)23-28-12-16-31(17-13-28)44-25-29-6-2-1-3-7-29/h1-17,26H,18-25H2. The Morgan fingerprint density at radius 3 is 2.13 bits per heavy atom. The summed E-state index contributed by atoms with van der Waals surface area (Å²) in [7, 11) is 0. The Bertz CT molecular complexity index is 1690. The molecule has 0 aliphatic carbocycles. The number of piperazine rings is 1. The molecule has 1 fully saturated rings. The Morgan fingerprint density at radius 2 is 1.44 bits per heavy atom. The first-order valence-electron chi connectivity index (χ1n) is 15.0. The average Bonchev–Trinajstić information content (AvgIpc) is 3.54. The molecule has 0 spiro atoms. The minimum Gasteiger partial charge on any atom is -0.489 e. The third-order valence-electron chi connectivity index (χ3n) is 7.79. The Hall–Kier alpha value is -4.24. The molecule has 1 aliphatic rings. The first-order valence-corrected chi connectivity index (χ1v) is 16.2. The number of carbonyl (C=O) groups is 1. The second-order valence-electron chi connectivity index (χ2n) is 11.0. The second-order valence-corrected chi connectivity index (χ2v) is 12.4. The molecule has 0 saturated carbocycles. The minimum atomic E-state index is -0.257. The van der Waals surface area contributed by atoms with E-state index in [1.807, 2.05) is 89.1 Å². The number of thiazole rings is 1. The van der Waals surface area contributed by atoms with Crippen LogP contribution >= 0.6 is 22.9 Å². The number of rotatable bonds is 11. The summed E-state index contributed by atoms with van der Waals surface area (Å²) < 4.78 is 19.6. The van der Waals surface area contributed by atoms with Crippen molar-refractivity contribution in [2.24, 2.45) is 0 Å². The number of aromatic nitrogens is 1. The van der Waals surface area contributed by atoms with Gasteiger partial charge < -0.3 is 14.5 Å². The van der Waals surface area contributed by atoms with E-state index < -0.39 is 0 Å². The molecule has 0 bridgehead atoms. The summed E-state index contributed by atoms with van der Waals surface area (Å²) in [5.74, 6) is 0.503. The second kappa shape index (κ2) is 14.7. The van der Waals surface area contributed by atoms with Crippen molar-refractivity contribution < 1.29 is 13.9 Å². The van der Waals surface area contributed by atoms with Gasteiger partial charge in [0.05, 0.1) is 17.3 Å². The van der Waals surface area contributed by atoms with E-state index in [4.69, 9.17) is 21.3 Å². The van der Waals surface area contributed by atoms with Crippen molar-refractivity contribution in [3.63, 3.8) is 0 Å². The fraction of sp³-hybridized carbons (Fsp3) is 0.222. The number of hydrogen-bond donors (Lipinski definition) is 0. The lowest BCUT2D eigenvalue weighted by Crippen LogP contribution is -2.49. The zero-order valence-electron chi connectivity index (χ0n) is 24.8. The predicted molar refractivity (Wildman–Crippen MR) is 178 cm³/mol. The van der Waals surface area contributed by atoms with Crippen LogP contribution in [-0.4, -0.2) is 46.9 Å². The van der Waals surface area contributed by atoms with Crippen LogP contribution in [0.5, 0.6) is 5.75 Å². The van der Waals surface area contributed by atoms with E-state index in [1.54, 1.807) is 0 Å². The van der Waals surface area contributed by atoms with Crippen LogP contribution in [0.3, 0.4) is 0 Å². The molecule has 5 aromatic rings. The highest BCUT2D eigenvalue weighted by Gasteiger charge is 2.25. The molecule has 0 radical (unpaired) electrons. The molecule has 0 atom stereocenters. The number of amides is 1. The van der Waals surface area contributed by atoms with Crippen molar-refractivity contribution >= 4 is 34.5 Å². The molecule has 2 heterocycles. The van der Waals surface area contributed by atoms with Gasteiger partial charge >= 0.3 is 0 Å². The maximum absolute atomic E-state index is 13.6. The number of para-hydroxylation sites is 1. The van der Waals surface area contributed by atoms with Crippen LogP contribution < -0.4 is 9.64 Å². The van der Waals surface area contributed by atoms with E-state index in [2.05, 4.69) is 21.9 Å². The Morgan fingerprint density at radius 1 is 0.800 bits per heavy atom. The van der Waals surface area contributed by atoms with E-state index >= 15 is 0 Å². The quantitative estimate of drug-likeness (QED) is 0.148. The fourth-order valence-electron chi connectivity index (χ4n) is 5.40. The van der Waals surface area contributed by atoms with Gasteiger partial charge in [-0.15, -0.1) is 11.3 Å². The molecule has 45 heavy (non-hydrogen) atoms. The van der Waals surface area contributed by atoms with Gasteiger partial charge in [-0.1, -0.05) is 78.3 Å². The van der Waals surface area contributed by atoms with Gasteiger partial charge in [-0.3, -0.25) is 9.69 Å². The van der Waals surface area contributed by atoms with Gasteiger partial charge in [0.25, 0.3) is 5.91 Å².